The minimum atomic E-state index is -0.792. The third kappa shape index (κ3) is 3.37. The second-order valence-electron chi connectivity index (χ2n) is 4.76. The average molecular weight is 381 g/mol. The number of halogens is 1. The predicted molar refractivity (Wildman–Crippen MR) is 89.5 cm³/mol. The third-order valence-electron chi connectivity index (χ3n) is 3.11. The van der Waals surface area contributed by atoms with Crippen LogP contribution in [0.25, 0.3) is 10.2 Å². The van der Waals surface area contributed by atoms with Crippen LogP contribution in [-0.2, 0) is 6.54 Å². The summed E-state index contributed by atoms with van der Waals surface area (Å²) in [6, 6.07) is 9.09. The molecular formula is C15H13BrN2O3S. The smallest absolute Gasteiger partial charge is 0.262 e. The van der Waals surface area contributed by atoms with Crippen LogP contribution in [-0.4, -0.2) is 27.4 Å². The zero-order chi connectivity index (χ0) is 15.5. The summed E-state index contributed by atoms with van der Waals surface area (Å²) in [4.78, 5) is 17.1. The average Bonchev–Trinajstić information content (AvgIpc) is 2.99. The Hall–Kier alpha value is -1.70. The molecule has 0 aliphatic heterocycles. The topological polar surface area (TPSA) is 64.4 Å². The van der Waals surface area contributed by atoms with Gasteiger partial charge in [-0.3, -0.25) is 9.36 Å². The van der Waals surface area contributed by atoms with Gasteiger partial charge in [0.25, 0.3) is 5.56 Å². The molecule has 2 aromatic heterocycles. The zero-order valence-electron chi connectivity index (χ0n) is 11.5. The highest BCUT2D eigenvalue weighted by Gasteiger charge is 2.10. The molecule has 3 aromatic rings. The summed E-state index contributed by atoms with van der Waals surface area (Å²) in [5.41, 5.74) is -0.144. The van der Waals surface area contributed by atoms with Crippen molar-refractivity contribution in [2.45, 2.75) is 12.6 Å². The van der Waals surface area contributed by atoms with Crippen molar-refractivity contribution in [1.82, 2.24) is 9.55 Å². The molecule has 22 heavy (non-hydrogen) atoms. The Labute approximate surface area is 138 Å². The van der Waals surface area contributed by atoms with E-state index in [0.717, 1.165) is 4.47 Å². The van der Waals surface area contributed by atoms with Gasteiger partial charge in [-0.1, -0.05) is 15.9 Å². The maximum absolute atomic E-state index is 12.2. The standard InChI is InChI=1S/C15H13BrN2O3S/c16-10-1-3-12(4-2-10)21-8-11(19)7-18-9-17-14-13(15(18)20)5-6-22-14/h1-6,9,11,19H,7-8H2/t11-/m1/s1. The van der Waals surface area contributed by atoms with E-state index >= 15 is 0 Å². The number of hydrogen-bond acceptors (Lipinski definition) is 5. The lowest BCUT2D eigenvalue weighted by Crippen LogP contribution is -2.30. The summed E-state index contributed by atoms with van der Waals surface area (Å²) in [6.45, 7) is 0.254. The van der Waals surface area contributed by atoms with Gasteiger partial charge in [-0.05, 0) is 35.7 Å². The van der Waals surface area contributed by atoms with E-state index in [1.165, 1.54) is 22.2 Å². The number of ether oxygens (including phenoxy) is 1. The molecule has 0 aliphatic carbocycles. The highest BCUT2D eigenvalue weighted by atomic mass is 79.9. The molecule has 3 rings (SSSR count). The molecule has 5 nitrogen and oxygen atoms in total. The van der Waals surface area contributed by atoms with E-state index in [0.29, 0.717) is 16.0 Å². The molecule has 0 fully saturated rings. The zero-order valence-corrected chi connectivity index (χ0v) is 13.9. The van der Waals surface area contributed by atoms with Gasteiger partial charge in [-0.15, -0.1) is 11.3 Å². The molecule has 1 aromatic carbocycles. The number of benzene rings is 1. The van der Waals surface area contributed by atoms with E-state index in [2.05, 4.69) is 20.9 Å². The predicted octanol–water partition coefficient (Wildman–Crippen LogP) is 2.66. The van der Waals surface area contributed by atoms with Crippen LogP contribution < -0.4 is 10.3 Å². The number of rotatable bonds is 5. The summed E-state index contributed by atoms with van der Waals surface area (Å²) >= 11 is 4.77. The lowest BCUT2D eigenvalue weighted by Gasteiger charge is -2.13. The molecular weight excluding hydrogens is 368 g/mol. The maximum Gasteiger partial charge on any atom is 0.262 e. The second kappa shape index (κ2) is 6.60. The normalized spacial score (nSPS) is 12.5. The van der Waals surface area contributed by atoms with E-state index in [4.69, 9.17) is 4.74 Å². The van der Waals surface area contributed by atoms with Crippen molar-refractivity contribution >= 4 is 37.5 Å². The summed E-state index contributed by atoms with van der Waals surface area (Å²) in [5, 5.41) is 12.5. The Kier molecular flexibility index (Phi) is 4.56. The highest BCUT2D eigenvalue weighted by molar-refractivity contribution is 9.10. The van der Waals surface area contributed by atoms with Gasteiger partial charge in [0.1, 0.15) is 23.3 Å². The SMILES string of the molecule is O=c1c2ccsc2ncn1C[C@@H](O)COc1ccc(Br)cc1. The molecule has 7 heteroatoms. The molecule has 0 unspecified atom stereocenters. The van der Waals surface area contributed by atoms with Crippen molar-refractivity contribution in [3.05, 3.63) is 56.9 Å². The van der Waals surface area contributed by atoms with Crippen molar-refractivity contribution in [3.8, 4) is 5.75 Å². The molecule has 0 saturated heterocycles. The van der Waals surface area contributed by atoms with Crippen LogP contribution in [0.15, 0.2) is 51.3 Å². The van der Waals surface area contributed by atoms with Crippen LogP contribution >= 0.6 is 27.3 Å². The Morgan fingerprint density at radius 3 is 2.86 bits per heavy atom. The first kappa shape index (κ1) is 15.2. The van der Waals surface area contributed by atoms with E-state index in [1.54, 1.807) is 6.07 Å². The second-order valence-corrected chi connectivity index (χ2v) is 6.57. The number of aromatic nitrogens is 2. The van der Waals surface area contributed by atoms with Gasteiger partial charge in [0.15, 0.2) is 0 Å². The van der Waals surface area contributed by atoms with Crippen LogP contribution in [0, 0.1) is 0 Å². The highest BCUT2D eigenvalue weighted by Crippen LogP contribution is 2.16. The van der Waals surface area contributed by atoms with Crippen LogP contribution in [0.4, 0.5) is 0 Å². The molecule has 114 valence electrons. The molecule has 0 saturated carbocycles. The molecule has 0 bridgehead atoms. The molecule has 0 spiro atoms. The van der Waals surface area contributed by atoms with E-state index in [9.17, 15) is 9.90 Å². The van der Waals surface area contributed by atoms with Crippen LogP contribution in [0.2, 0.25) is 0 Å². The molecule has 1 atom stereocenters. The first-order valence-corrected chi connectivity index (χ1v) is 8.30. The van der Waals surface area contributed by atoms with E-state index in [1.807, 2.05) is 29.6 Å². The summed E-state index contributed by atoms with van der Waals surface area (Å²) in [5.74, 6) is 0.668. The number of thiophene rings is 1. The maximum atomic E-state index is 12.2. The fourth-order valence-corrected chi connectivity index (χ4v) is 3.01. The first-order chi connectivity index (χ1) is 10.6. The minimum Gasteiger partial charge on any atom is -0.491 e. The minimum absolute atomic E-state index is 0.107. The third-order valence-corrected chi connectivity index (χ3v) is 4.46. The quantitative estimate of drug-likeness (QED) is 0.738. The van der Waals surface area contributed by atoms with Crippen LogP contribution in [0.1, 0.15) is 0 Å². The van der Waals surface area contributed by atoms with Crippen molar-refractivity contribution in [2.75, 3.05) is 6.61 Å². The van der Waals surface area contributed by atoms with Gasteiger partial charge < -0.3 is 9.84 Å². The summed E-state index contributed by atoms with van der Waals surface area (Å²) in [7, 11) is 0. The van der Waals surface area contributed by atoms with Crippen LogP contribution in [0.5, 0.6) is 5.75 Å². The van der Waals surface area contributed by atoms with Gasteiger partial charge in [-0.2, -0.15) is 0 Å². The van der Waals surface area contributed by atoms with Crippen molar-refractivity contribution in [1.29, 1.82) is 0 Å². The van der Waals surface area contributed by atoms with Gasteiger partial charge in [-0.25, -0.2) is 4.98 Å². The molecule has 0 radical (unpaired) electrons. The molecule has 0 aliphatic rings. The summed E-state index contributed by atoms with van der Waals surface area (Å²) < 4.78 is 7.87. The lowest BCUT2D eigenvalue weighted by molar-refractivity contribution is 0.0915. The van der Waals surface area contributed by atoms with Crippen molar-refractivity contribution in [3.63, 3.8) is 0 Å². The van der Waals surface area contributed by atoms with Gasteiger partial charge in [0.05, 0.1) is 18.3 Å². The molecule has 1 N–H and O–H groups in total. The van der Waals surface area contributed by atoms with Crippen molar-refractivity contribution < 1.29 is 9.84 Å². The Balaban J connectivity index is 1.65. The first-order valence-electron chi connectivity index (χ1n) is 6.62. The van der Waals surface area contributed by atoms with Gasteiger partial charge in [0, 0.05) is 4.47 Å². The van der Waals surface area contributed by atoms with Crippen molar-refractivity contribution in [2.24, 2.45) is 0 Å². The number of aliphatic hydroxyl groups is 1. The lowest BCUT2D eigenvalue weighted by atomic mass is 10.3. The molecule has 0 amide bonds. The monoisotopic (exact) mass is 380 g/mol. The number of aliphatic hydroxyl groups excluding tert-OH is 1. The Bertz CT molecular complexity index is 829. The fraction of sp³-hybridized carbons (Fsp3) is 0.200. The number of fused-ring (bicyclic) bond motifs is 1. The van der Waals surface area contributed by atoms with E-state index < -0.39 is 6.10 Å². The molecule has 2 heterocycles. The van der Waals surface area contributed by atoms with Gasteiger partial charge >= 0.3 is 0 Å². The Morgan fingerprint density at radius 1 is 1.32 bits per heavy atom. The van der Waals surface area contributed by atoms with Crippen LogP contribution in [0.3, 0.4) is 0 Å². The van der Waals surface area contributed by atoms with E-state index in [-0.39, 0.29) is 18.7 Å². The van der Waals surface area contributed by atoms with Gasteiger partial charge in [0.2, 0.25) is 0 Å². The number of nitrogens with zero attached hydrogens (tertiary/aromatic N) is 2. The largest absolute Gasteiger partial charge is 0.491 e. The summed E-state index contributed by atoms with van der Waals surface area (Å²) in [6.07, 6.45) is 0.670. The fourth-order valence-electron chi connectivity index (χ4n) is 2.03. The number of hydrogen-bond donors (Lipinski definition) is 1. The Morgan fingerprint density at radius 2 is 2.09 bits per heavy atom.